The molecule has 2 amide bonds. The molecule has 0 saturated carbocycles. The Kier molecular flexibility index (Phi) is 3.59. The fourth-order valence-electron chi connectivity index (χ4n) is 3.05. The maximum atomic E-state index is 12.3. The monoisotopic (exact) mass is 301 g/mol. The Morgan fingerprint density at radius 3 is 2.45 bits per heavy atom. The number of carbonyl (C=O) groups is 2. The van der Waals surface area contributed by atoms with Gasteiger partial charge in [-0.15, -0.1) is 0 Å². The number of hydrogen-bond donors (Lipinski definition) is 1. The van der Waals surface area contributed by atoms with Crippen molar-refractivity contribution in [3.63, 3.8) is 0 Å². The molecule has 2 aliphatic heterocycles. The molecule has 0 bridgehead atoms. The Labute approximate surface area is 131 Å². The Morgan fingerprint density at radius 1 is 1.14 bits per heavy atom. The van der Waals surface area contributed by atoms with Crippen LogP contribution in [0.3, 0.4) is 0 Å². The molecule has 1 N–H and O–H groups in total. The van der Waals surface area contributed by atoms with E-state index in [-0.39, 0.29) is 17.2 Å². The summed E-state index contributed by atoms with van der Waals surface area (Å²) in [5, 5.41) is 2.86. The summed E-state index contributed by atoms with van der Waals surface area (Å²) in [6.07, 6.45) is 0.464. The summed E-state index contributed by atoms with van der Waals surface area (Å²) in [5.74, 6) is 0.281. The van der Waals surface area contributed by atoms with E-state index in [9.17, 15) is 9.59 Å². The Morgan fingerprint density at radius 2 is 1.82 bits per heavy atom. The van der Waals surface area contributed by atoms with Gasteiger partial charge in [0.1, 0.15) is 0 Å². The number of benzene rings is 1. The first-order chi connectivity index (χ1) is 10.3. The van der Waals surface area contributed by atoms with E-state index in [1.165, 1.54) is 0 Å². The van der Waals surface area contributed by atoms with Crippen molar-refractivity contribution in [3.8, 4) is 0 Å². The molecule has 0 spiro atoms. The van der Waals surface area contributed by atoms with Crippen molar-refractivity contribution in [1.29, 1.82) is 0 Å². The van der Waals surface area contributed by atoms with Gasteiger partial charge in [0, 0.05) is 43.0 Å². The maximum Gasteiger partial charge on any atom is 0.228 e. The zero-order chi connectivity index (χ0) is 15.9. The van der Waals surface area contributed by atoms with Gasteiger partial charge in [0.15, 0.2) is 0 Å². The van der Waals surface area contributed by atoms with Gasteiger partial charge in [-0.2, -0.15) is 0 Å². The van der Waals surface area contributed by atoms with Crippen LogP contribution in [0.1, 0.15) is 26.3 Å². The molecule has 3 rings (SSSR count). The third-order valence-corrected chi connectivity index (χ3v) is 4.29. The average Bonchev–Trinajstić information content (AvgIpc) is 2.84. The first-order valence-corrected chi connectivity index (χ1v) is 7.82. The lowest BCUT2D eigenvalue weighted by Gasteiger charge is -2.38. The second-order valence-corrected chi connectivity index (χ2v) is 7.10. The first-order valence-electron chi connectivity index (χ1n) is 7.82. The van der Waals surface area contributed by atoms with Crippen LogP contribution in [0.2, 0.25) is 0 Å². The summed E-state index contributed by atoms with van der Waals surface area (Å²) in [6, 6.07) is 6.11. The van der Waals surface area contributed by atoms with E-state index in [0.29, 0.717) is 6.42 Å². The fraction of sp³-hybridized carbons (Fsp3) is 0.529. The molecular weight excluding hydrogens is 278 g/mol. The Bertz CT molecular complexity index is 611. The number of nitrogens with one attached hydrogen (secondary N) is 1. The standard InChI is InChI=1S/C17H23N3O2/c1-17(2,3)16(22)20-8-6-19(7-9-20)13-4-5-14-12(10-13)11-15(21)18-14/h4-5,10H,6-9,11H2,1-3H3,(H,18,21). The van der Waals surface area contributed by atoms with Gasteiger partial charge in [-0.05, 0) is 23.8 Å². The molecule has 0 atom stereocenters. The van der Waals surface area contributed by atoms with Crippen LogP contribution in [0.4, 0.5) is 11.4 Å². The molecule has 118 valence electrons. The lowest BCUT2D eigenvalue weighted by Crippen LogP contribution is -2.51. The zero-order valence-corrected chi connectivity index (χ0v) is 13.5. The van der Waals surface area contributed by atoms with Gasteiger partial charge >= 0.3 is 0 Å². The summed E-state index contributed by atoms with van der Waals surface area (Å²) in [4.78, 5) is 28.0. The van der Waals surface area contributed by atoms with Crippen molar-refractivity contribution in [2.45, 2.75) is 27.2 Å². The fourth-order valence-corrected chi connectivity index (χ4v) is 3.05. The minimum Gasteiger partial charge on any atom is -0.368 e. The van der Waals surface area contributed by atoms with Gasteiger partial charge in [0.25, 0.3) is 0 Å². The first kappa shape index (κ1) is 14.9. The molecule has 1 aromatic rings. The predicted molar refractivity (Wildman–Crippen MR) is 87.0 cm³/mol. The number of anilines is 2. The topological polar surface area (TPSA) is 52.7 Å². The van der Waals surface area contributed by atoms with Crippen molar-refractivity contribution < 1.29 is 9.59 Å². The smallest absolute Gasteiger partial charge is 0.228 e. The molecular formula is C17H23N3O2. The van der Waals surface area contributed by atoms with Crippen LogP contribution in [0.25, 0.3) is 0 Å². The van der Waals surface area contributed by atoms with Crippen LogP contribution in [0, 0.1) is 5.41 Å². The normalized spacial score (nSPS) is 18.2. The number of hydrogen-bond acceptors (Lipinski definition) is 3. The molecule has 1 aromatic carbocycles. The molecule has 0 aromatic heterocycles. The summed E-state index contributed by atoms with van der Waals surface area (Å²) in [6.45, 7) is 9.07. The summed E-state index contributed by atoms with van der Waals surface area (Å²) >= 11 is 0. The third-order valence-electron chi connectivity index (χ3n) is 4.29. The van der Waals surface area contributed by atoms with Crippen LogP contribution >= 0.6 is 0 Å². The van der Waals surface area contributed by atoms with E-state index >= 15 is 0 Å². The Balaban J connectivity index is 1.66. The van der Waals surface area contributed by atoms with Crippen molar-refractivity contribution in [2.24, 2.45) is 5.41 Å². The molecule has 2 aliphatic rings. The largest absolute Gasteiger partial charge is 0.368 e. The zero-order valence-electron chi connectivity index (χ0n) is 13.5. The number of piperazine rings is 1. The molecule has 0 aliphatic carbocycles. The molecule has 5 nitrogen and oxygen atoms in total. The van der Waals surface area contributed by atoms with Crippen LogP contribution in [0.5, 0.6) is 0 Å². The number of nitrogens with zero attached hydrogens (tertiary/aromatic N) is 2. The summed E-state index contributed by atoms with van der Waals surface area (Å²) < 4.78 is 0. The number of fused-ring (bicyclic) bond motifs is 1. The van der Waals surface area contributed by atoms with Gasteiger partial charge < -0.3 is 15.1 Å². The highest BCUT2D eigenvalue weighted by atomic mass is 16.2. The van der Waals surface area contributed by atoms with Gasteiger partial charge in [-0.3, -0.25) is 9.59 Å². The highest BCUT2D eigenvalue weighted by Gasteiger charge is 2.30. The molecule has 0 radical (unpaired) electrons. The molecule has 0 unspecified atom stereocenters. The Hall–Kier alpha value is -2.04. The van der Waals surface area contributed by atoms with E-state index in [1.54, 1.807) is 0 Å². The minimum absolute atomic E-state index is 0.0627. The molecule has 22 heavy (non-hydrogen) atoms. The predicted octanol–water partition coefficient (Wildman–Crippen LogP) is 1.88. The van der Waals surface area contributed by atoms with Crippen LogP contribution in [-0.2, 0) is 16.0 Å². The number of amides is 2. The van der Waals surface area contributed by atoms with Gasteiger partial charge in [-0.25, -0.2) is 0 Å². The highest BCUT2D eigenvalue weighted by Crippen LogP contribution is 2.28. The van der Waals surface area contributed by atoms with Crippen molar-refractivity contribution in [2.75, 3.05) is 36.4 Å². The number of rotatable bonds is 1. The lowest BCUT2D eigenvalue weighted by atomic mass is 9.94. The van der Waals surface area contributed by atoms with E-state index < -0.39 is 0 Å². The van der Waals surface area contributed by atoms with E-state index in [4.69, 9.17) is 0 Å². The summed E-state index contributed by atoms with van der Waals surface area (Å²) in [7, 11) is 0. The van der Waals surface area contributed by atoms with Crippen molar-refractivity contribution in [1.82, 2.24) is 4.90 Å². The van der Waals surface area contributed by atoms with Gasteiger partial charge in [-0.1, -0.05) is 20.8 Å². The second-order valence-electron chi connectivity index (χ2n) is 7.10. The molecule has 5 heteroatoms. The van der Waals surface area contributed by atoms with Crippen molar-refractivity contribution >= 4 is 23.2 Å². The molecule has 1 fully saturated rings. The van der Waals surface area contributed by atoms with Gasteiger partial charge in [0.2, 0.25) is 11.8 Å². The third kappa shape index (κ3) is 2.80. The van der Waals surface area contributed by atoms with Crippen LogP contribution in [-0.4, -0.2) is 42.9 Å². The van der Waals surface area contributed by atoms with E-state index in [1.807, 2.05) is 37.8 Å². The van der Waals surface area contributed by atoms with Crippen LogP contribution < -0.4 is 10.2 Å². The second kappa shape index (κ2) is 5.30. The summed E-state index contributed by atoms with van der Waals surface area (Å²) in [5.41, 5.74) is 2.81. The molecule has 2 heterocycles. The molecule has 1 saturated heterocycles. The lowest BCUT2D eigenvalue weighted by molar-refractivity contribution is -0.139. The maximum absolute atomic E-state index is 12.3. The average molecular weight is 301 g/mol. The number of carbonyl (C=O) groups excluding carboxylic acids is 2. The highest BCUT2D eigenvalue weighted by molar-refractivity contribution is 5.99. The van der Waals surface area contributed by atoms with Gasteiger partial charge in [0.05, 0.1) is 6.42 Å². The van der Waals surface area contributed by atoms with E-state index in [2.05, 4.69) is 16.3 Å². The minimum atomic E-state index is -0.318. The SMILES string of the molecule is CC(C)(C)C(=O)N1CCN(c2ccc3c(c2)CC(=O)N3)CC1. The van der Waals surface area contributed by atoms with E-state index in [0.717, 1.165) is 43.1 Å². The quantitative estimate of drug-likeness (QED) is 0.861. The van der Waals surface area contributed by atoms with Crippen molar-refractivity contribution in [3.05, 3.63) is 23.8 Å². The van der Waals surface area contributed by atoms with Crippen LogP contribution in [0.15, 0.2) is 18.2 Å².